The Morgan fingerprint density at radius 1 is 0.839 bits per heavy atom. The molecule has 172 valence electrons. The van der Waals surface area contributed by atoms with Gasteiger partial charge in [-0.25, -0.2) is 0 Å². The molecule has 31 heavy (non-hydrogen) atoms. The summed E-state index contributed by atoms with van der Waals surface area (Å²) in [6.07, 6.45) is 2.32. The number of aromatic hydroxyl groups is 2. The Hall–Kier alpha value is -2.64. The van der Waals surface area contributed by atoms with Gasteiger partial charge < -0.3 is 19.3 Å². The average molecular weight is 435 g/mol. The minimum absolute atomic E-state index is 0.106. The minimum atomic E-state index is -0.436. The van der Waals surface area contributed by atoms with E-state index in [9.17, 15) is 19.8 Å². The number of Topliss-reactive ketones (excluding diaryl/α,β-unsaturated/α-hetero) is 2. The van der Waals surface area contributed by atoms with Gasteiger partial charge in [0.15, 0.2) is 0 Å². The van der Waals surface area contributed by atoms with E-state index in [1.54, 1.807) is 0 Å². The summed E-state index contributed by atoms with van der Waals surface area (Å²) in [5.74, 6) is 0.550. The third-order valence-electron chi connectivity index (χ3n) is 5.91. The Morgan fingerprint density at radius 3 is 1.48 bits per heavy atom. The van der Waals surface area contributed by atoms with E-state index in [0.29, 0.717) is 43.6 Å². The average Bonchev–Trinajstić information content (AvgIpc) is 3.30. The molecular weight excluding hydrogens is 400 g/mol. The second-order valence-corrected chi connectivity index (χ2v) is 9.86. The van der Waals surface area contributed by atoms with Crippen LogP contribution in [0.25, 0.3) is 0 Å². The van der Waals surface area contributed by atoms with Crippen molar-refractivity contribution < 1.29 is 28.8 Å². The first-order chi connectivity index (χ1) is 14.3. The molecule has 2 aromatic rings. The fourth-order valence-corrected chi connectivity index (χ4v) is 4.06. The first kappa shape index (κ1) is 24.6. The van der Waals surface area contributed by atoms with Gasteiger partial charge in [0.05, 0.1) is 0 Å². The van der Waals surface area contributed by atoms with E-state index in [4.69, 9.17) is 9.05 Å². The fraction of sp³-hybridized carbons (Fsp3) is 0.652. The molecule has 0 radical (unpaired) electrons. The Kier molecular flexibility index (Phi) is 7.68. The van der Waals surface area contributed by atoms with Crippen LogP contribution in [0.5, 0.6) is 11.8 Å². The van der Waals surface area contributed by atoms with Crippen molar-refractivity contribution in [3.05, 3.63) is 23.7 Å². The van der Waals surface area contributed by atoms with Crippen molar-refractivity contribution in [3.63, 3.8) is 0 Å². The first-order valence-corrected chi connectivity index (χ1v) is 10.7. The molecule has 0 spiro atoms. The molecule has 8 heteroatoms. The standard InChI is InChI=1S/C23H34N2O6/c1-14(12-22(3,4)18-10-20(28)24-30-18)16(26)8-7-9-17(27)15(2)13-23(5,6)19-11-21(29)25-31-19/h10-11,14-15H,7-9,12-13H2,1-6H3,(H,24,28)(H,25,29). The molecule has 0 aromatic carbocycles. The number of ketones is 2. The highest BCUT2D eigenvalue weighted by molar-refractivity contribution is 5.83. The summed E-state index contributed by atoms with van der Waals surface area (Å²) in [6.45, 7) is 11.5. The van der Waals surface area contributed by atoms with Crippen LogP contribution >= 0.6 is 0 Å². The van der Waals surface area contributed by atoms with Crippen LogP contribution in [0, 0.1) is 11.8 Å². The van der Waals surface area contributed by atoms with Gasteiger partial charge in [0, 0.05) is 47.6 Å². The van der Waals surface area contributed by atoms with Crippen LogP contribution in [0.1, 0.15) is 85.2 Å². The largest absolute Gasteiger partial charge is 0.491 e. The van der Waals surface area contributed by atoms with E-state index in [0.717, 1.165) is 0 Å². The lowest BCUT2D eigenvalue weighted by molar-refractivity contribution is -0.124. The van der Waals surface area contributed by atoms with Gasteiger partial charge in [-0.3, -0.25) is 9.59 Å². The van der Waals surface area contributed by atoms with Crippen molar-refractivity contribution in [1.29, 1.82) is 0 Å². The van der Waals surface area contributed by atoms with Gasteiger partial charge in [0.25, 0.3) is 11.8 Å². The summed E-state index contributed by atoms with van der Waals surface area (Å²) >= 11 is 0. The smallest absolute Gasteiger partial charge is 0.251 e. The van der Waals surface area contributed by atoms with Crippen molar-refractivity contribution in [2.24, 2.45) is 11.8 Å². The lowest BCUT2D eigenvalue weighted by Gasteiger charge is -2.25. The van der Waals surface area contributed by atoms with Gasteiger partial charge in [0.2, 0.25) is 0 Å². The van der Waals surface area contributed by atoms with Gasteiger partial charge in [-0.05, 0) is 29.6 Å². The molecule has 0 saturated carbocycles. The van der Waals surface area contributed by atoms with Crippen LogP contribution in [0.3, 0.4) is 0 Å². The zero-order valence-electron chi connectivity index (χ0n) is 19.3. The molecule has 2 unspecified atom stereocenters. The van der Waals surface area contributed by atoms with Crippen molar-refractivity contribution in [2.45, 2.75) is 84.5 Å². The molecule has 2 aromatic heterocycles. The number of rotatable bonds is 12. The number of nitrogens with zero attached hydrogens (tertiary/aromatic N) is 2. The number of carbonyl (C=O) groups is 2. The molecule has 8 nitrogen and oxygen atoms in total. The van der Waals surface area contributed by atoms with Crippen LogP contribution in [0.2, 0.25) is 0 Å². The highest BCUT2D eigenvalue weighted by Gasteiger charge is 2.32. The maximum Gasteiger partial charge on any atom is 0.251 e. The molecule has 0 aliphatic heterocycles. The molecule has 2 rings (SSSR count). The number of hydrogen-bond acceptors (Lipinski definition) is 8. The summed E-state index contributed by atoms with van der Waals surface area (Å²) in [6, 6.07) is 2.94. The fourth-order valence-electron chi connectivity index (χ4n) is 4.06. The van der Waals surface area contributed by atoms with E-state index in [1.807, 2.05) is 41.5 Å². The maximum atomic E-state index is 12.6. The quantitative estimate of drug-likeness (QED) is 0.492. The molecule has 0 aliphatic rings. The SMILES string of the molecule is CC(CC(C)(C)c1cc(O)no1)C(=O)CCCC(=O)C(C)CC(C)(C)c1cc(O)no1. The summed E-state index contributed by atoms with van der Waals surface area (Å²) in [7, 11) is 0. The zero-order valence-corrected chi connectivity index (χ0v) is 19.3. The summed E-state index contributed by atoms with van der Waals surface area (Å²) in [5, 5.41) is 25.8. The van der Waals surface area contributed by atoms with Crippen molar-refractivity contribution >= 4 is 11.6 Å². The summed E-state index contributed by atoms with van der Waals surface area (Å²) in [4.78, 5) is 25.1. The zero-order chi connectivity index (χ0) is 23.4. The first-order valence-electron chi connectivity index (χ1n) is 10.7. The second kappa shape index (κ2) is 9.66. The van der Waals surface area contributed by atoms with Crippen LogP contribution < -0.4 is 0 Å². The second-order valence-electron chi connectivity index (χ2n) is 9.86. The van der Waals surface area contributed by atoms with Gasteiger partial charge >= 0.3 is 0 Å². The van der Waals surface area contributed by atoms with Crippen LogP contribution in [0.15, 0.2) is 21.2 Å². The normalized spacial score (nSPS) is 14.4. The number of hydrogen-bond donors (Lipinski definition) is 2. The summed E-state index contributed by atoms with van der Waals surface area (Å²) < 4.78 is 10.3. The van der Waals surface area contributed by atoms with E-state index in [1.165, 1.54) is 12.1 Å². The highest BCUT2D eigenvalue weighted by atomic mass is 16.5. The molecule has 0 bridgehead atoms. The third-order valence-corrected chi connectivity index (χ3v) is 5.91. The third kappa shape index (κ3) is 6.67. The minimum Gasteiger partial charge on any atom is -0.491 e. The van der Waals surface area contributed by atoms with Gasteiger partial charge in [0.1, 0.15) is 23.1 Å². The molecule has 0 amide bonds. The molecule has 2 atom stereocenters. The molecular formula is C23H34N2O6. The highest BCUT2D eigenvalue weighted by Crippen LogP contribution is 2.34. The van der Waals surface area contributed by atoms with Crippen molar-refractivity contribution in [1.82, 2.24) is 10.3 Å². The summed E-state index contributed by atoms with van der Waals surface area (Å²) in [5.41, 5.74) is -0.873. The van der Waals surface area contributed by atoms with Crippen molar-refractivity contribution in [3.8, 4) is 11.8 Å². The molecule has 2 heterocycles. The van der Waals surface area contributed by atoms with Gasteiger partial charge in [-0.1, -0.05) is 41.5 Å². The monoisotopic (exact) mass is 434 g/mol. The lowest BCUT2D eigenvalue weighted by atomic mass is 9.78. The maximum absolute atomic E-state index is 12.6. The van der Waals surface area contributed by atoms with E-state index in [-0.39, 0.29) is 35.2 Å². The predicted octanol–water partition coefficient (Wildman–Crippen LogP) is 4.69. The van der Waals surface area contributed by atoms with Crippen LogP contribution in [0.4, 0.5) is 0 Å². The topological polar surface area (TPSA) is 127 Å². The van der Waals surface area contributed by atoms with E-state index < -0.39 is 10.8 Å². The van der Waals surface area contributed by atoms with Crippen LogP contribution in [-0.4, -0.2) is 32.1 Å². The molecule has 0 aliphatic carbocycles. The number of aromatic nitrogens is 2. The Bertz CT molecular complexity index is 823. The Balaban J connectivity index is 1.79. The molecule has 0 fully saturated rings. The Labute approximate surface area is 183 Å². The molecule has 2 N–H and O–H groups in total. The number of carbonyl (C=O) groups excluding carboxylic acids is 2. The van der Waals surface area contributed by atoms with Crippen LogP contribution in [-0.2, 0) is 20.4 Å². The van der Waals surface area contributed by atoms with E-state index >= 15 is 0 Å². The van der Waals surface area contributed by atoms with Crippen molar-refractivity contribution in [2.75, 3.05) is 0 Å². The lowest BCUT2D eigenvalue weighted by Crippen LogP contribution is -2.25. The Morgan fingerprint density at radius 2 is 1.19 bits per heavy atom. The predicted molar refractivity (Wildman–Crippen MR) is 114 cm³/mol. The molecule has 0 saturated heterocycles. The van der Waals surface area contributed by atoms with E-state index in [2.05, 4.69) is 10.3 Å². The van der Waals surface area contributed by atoms with Gasteiger partial charge in [-0.15, -0.1) is 0 Å². The van der Waals surface area contributed by atoms with Gasteiger partial charge in [-0.2, -0.15) is 0 Å².